The van der Waals surface area contributed by atoms with Crippen LogP contribution in [0.25, 0.3) is 10.9 Å². The summed E-state index contributed by atoms with van der Waals surface area (Å²) in [6, 6.07) is 9.60. The number of rotatable bonds is 6. The van der Waals surface area contributed by atoms with Gasteiger partial charge in [-0.1, -0.05) is 35.3 Å². The normalized spacial score (nSPS) is 18.0. The van der Waals surface area contributed by atoms with Gasteiger partial charge in [0.25, 0.3) is 0 Å². The molecule has 242 valence electrons. The maximum absolute atomic E-state index is 14.0. The van der Waals surface area contributed by atoms with Crippen LogP contribution in [0.4, 0.5) is 4.79 Å². The fourth-order valence-corrected chi connectivity index (χ4v) is 8.29. The van der Waals surface area contributed by atoms with Gasteiger partial charge in [-0.25, -0.2) is 18.2 Å². The van der Waals surface area contributed by atoms with E-state index in [4.69, 9.17) is 32.7 Å². The zero-order chi connectivity index (χ0) is 32.7. The maximum Gasteiger partial charge on any atom is 0.410 e. The van der Waals surface area contributed by atoms with Crippen LogP contribution in [0.1, 0.15) is 50.4 Å². The van der Waals surface area contributed by atoms with Crippen LogP contribution in [0, 0.1) is 13.8 Å². The molecule has 2 aliphatic rings. The second kappa shape index (κ2) is 12.9. The van der Waals surface area contributed by atoms with Gasteiger partial charge in [0.1, 0.15) is 34.4 Å². The predicted molar refractivity (Wildman–Crippen MR) is 173 cm³/mol. The predicted octanol–water partition coefficient (Wildman–Crippen LogP) is 5.97. The number of carbonyl (C=O) groups is 2. The van der Waals surface area contributed by atoms with E-state index in [1.54, 1.807) is 36.6 Å². The zero-order valence-corrected chi connectivity index (χ0v) is 28.4. The van der Waals surface area contributed by atoms with Gasteiger partial charge in [-0.05, 0) is 77.3 Å². The van der Waals surface area contributed by atoms with E-state index in [1.807, 2.05) is 32.0 Å². The van der Waals surface area contributed by atoms with Crippen molar-refractivity contribution in [2.45, 2.75) is 70.6 Å². The third-order valence-corrected chi connectivity index (χ3v) is 10.8. The maximum atomic E-state index is 14.0. The topological polar surface area (TPSA) is 109 Å². The Morgan fingerprint density at radius 1 is 1.00 bits per heavy atom. The minimum absolute atomic E-state index is 0.0490. The summed E-state index contributed by atoms with van der Waals surface area (Å²) in [6.45, 7) is 10.6. The molecule has 0 spiro atoms. The fourth-order valence-electron chi connectivity index (χ4n) is 5.78. The number of pyridine rings is 1. The van der Waals surface area contributed by atoms with Crippen molar-refractivity contribution in [2.75, 3.05) is 32.7 Å². The molecule has 1 aromatic heterocycles. The Balaban J connectivity index is 1.33. The van der Waals surface area contributed by atoms with Crippen LogP contribution in [0.5, 0.6) is 5.75 Å². The third kappa shape index (κ3) is 7.01. The van der Waals surface area contributed by atoms with Gasteiger partial charge in [-0.15, -0.1) is 0 Å². The highest BCUT2D eigenvalue weighted by Crippen LogP contribution is 2.37. The summed E-state index contributed by atoms with van der Waals surface area (Å²) < 4.78 is 40.8. The molecular formula is C32H38Cl2N4O6S. The van der Waals surface area contributed by atoms with Crippen molar-refractivity contribution >= 4 is 56.1 Å². The monoisotopic (exact) mass is 676 g/mol. The number of hydrogen-bond acceptors (Lipinski definition) is 7. The standard InChI is InChI=1S/C32H38Cl2N4O6S/c1-20-18-21(2)35-29-22(20)8-6-10-26(29)43-19-23-24(33)11-12-27(28(23)34)45(41,42)38-13-7-9-25(38)30(39)36-14-16-37(17-15-36)31(40)44-32(3,4)5/h6,8,10-12,18,25H,7,9,13-17,19H2,1-5H3. The Labute approximate surface area is 274 Å². The van der Waals surface area contributed by atoms with Crippen LogP contribution >= 0.6 is 23.2 Å². The third-order valence-electron chi connectivity index (χ3n) is 7.98. The van der Waals surface area contributed by atoms with Gasteiger partial charge in [-0.3, -0.25) is 4.79 Å². The number of ether oxygens (including phenoxy) is 2. The Kier molecular flexibility index (Phi) is 9.56. The largest absolute Gasteiger partial charge is 0.487 e. The highest BCUT2D eigenvalue weighted by molar-refractivity contribution is 7.89. The van der Waals surface area contributed by atoms with Gasteiger partial charge in [0.15, 0.2) is 0 Å². The Morgan fingerprint density at radius 3 is 2.38 bits per heavy atom. The number of aromatic nitrogens is 1. The summed E-state index contributed by atoms with van der Waals surface area (Å²) in [5, 5.41) is 1.16. The van der Waals surface area contributed by atoms with Crippen LogP contribution in [0.2, 0.25) is 10.0 Å². The fraction of sp³-hybridized carbons (Fsp3) is 0.469. The van der Waals surface area contributed by atoms with Crippen LogP contribution in [0.3, 0.4) is 0 Å². The molecule has 5 rings (SSSR count). The molecule has 1 unspecified atom stereocenters. The molecule has 13 heteroatoms. The van der Waals surface area contributed by atoms with E-state index in [0.29, 0.717) is 42.8 Å². The van der Waals surface area contributed by atoms with E-state index >= 15 is 0 Å². The number of benzene rings is 2. The summed E-state index contributed by atoms with van der Waals surface area (Å²) in [5.74, 6) is 0.235. The summed E-state index contributed by atoms with van der Waals surface area (Å²) >= 11 is 13.3. The average molecular weight is 678 g/mol. The molecule has 45 heavy (non-hydrogen) atoms. The van der Waals surface area contributed by atoms with E-state index in [0.717, 1.165) is 16.6 Å². The second-order valence-electron chi connectivity index (χ2n) is 12.4. The molecule has 2 aliphatic heterocycles. The minimum Gasteiger partial charge on any atom is -0.487 e. The number of hydrogen-bond donors (Lipinski definition) is 0. The van der Waals surface area contributed by atoms with Crippen molar-refractivity contribution in [1.82, 2.24) is 19.1 Å². The lowest BCUT2D eigenvalue weighted by Gasteiger charge is -2.37. The first-order valence-corrected chi connectivity index (χ1v) is 17.1. The molecule has 3 heterocycles. The van der Waals surface area contributed by atoms with Gasteiger partial charge in [0.05, 0.1) is 5.02 Å². The molecule has 3 aromatic rings. The van der Waals surface area contributed by atoms with Crippen molar-refractivity contribution in [3.63, 3.8) is 0 Å². The van der Waals surface area contributed by atoms with Crippen LogP contribution in [-0.2, 0) is 26.2 Å². The lowest BCUT2D eigenvalue weighted by molar-refractivity contribution is -0.136. The Bertz CT molecular complexity index is 1740. The van der Waals surface area contributed by atoms with Crippen molar-refractivity contribution < 1.29 is 27.5 Å². The highest BCUT2D eigenvalue weighted by atomic mass is 35.5. The van der Waals surface area contributed by atoms with E-state index in [2.05, 4.69) is 4.98 Å². The molecule has 2 amide bonds. The SMILES string of the molecule is Cc1cc(C)c2cccc(OCc3c(Cl)ccc(S(=O)(=O)N4CCCC4C(=O)N4CCN(C(=O)OC(C)(C)C)CC4)c3Cl)c2n1. The van der Waals surface area contributed by atoms with Crippen LogP contribution in [-0.4, -0.2) is 83.9 Å². The smallest absolute Gasteiger partial charge is 0.410 e. The number of carbonyl (C=O) groups excluding carboxylic acids is 2. The van der Waals surface area contributed by atoms with Gasteiger partial charge >= 0.3 is 6.09 Å². The summed E-state index contributed by atoms with van der Waals surface area (Å²) in [5.41, 5.74) is 2.30. The minimum atomic E-state index is -4.17. The van der Waals surface area contributed by atoms with Crippen molar-refractivity contribution in [3.05, 3.63) is 63.3 Å². The van der Waals surface area contributed by atoms with Gasteiger partial charge < -0.3 is 19.3 Å². The molecule has 0 radical (unpaired) electrons. The summed E-state index contributed by atoms with van der Waals surface area (Å²) in [4.78, 5) is 33.8. The molecule has 0 bridgehead atoms. The quantitative estimate of drug-likeness (QED) is 0.316. The van der Waals surface area contributed by atoms with Crippen molar-refractivity contribution in [1.29, 1.82) is 0 Å². The molecule has 2 aromatic carbocycles. The van der Waals surface area contributed by atoms with E-state index < -0.39 is 27.8 Å². The average Bonchev–Trinajstić information content (AvgIpc) is 3.47. The highest BCUT2D eigenvalue weighted by Gasteiger charge is 2.43. The molecule has 0 saturated carbocycles. The number of para-hydroxylation sites is 1. The molecule has 2 fully saturated rings. The number of aryl methyl sites for hydroxylation is 2. The number of fused-ring (bicyclic) bond motifs is 1. The number of amides is 2. The van der Waals surface area contributed by atoms with Crippen molar-refractivity contribution in [2.24, 2.45) is 0 Å². The molecule has 10 nitrogen and oxygen atoms in total. The Hall–Kier alpha value is -3.12. The first-order chi connectivity index (χ1) is 21.2. The number of halogens is 2. The van der Waals surface area contributed by atoms with E-state index in [1.165, 1.54) is 16.4 Å². The number of piperazine rings is 1. The molecular weight excluding hydrogens is 639 g/mol. The van der Waals surface area contributed by atoms with E-state index in [9.17, 15) is 18.0 Å². The van der Waals surface area contributed by atoms with Crippen molar-refractivity contribution in [3.8, 4) is 5.75 Å². The second-order valence-corrected chi connectivity index (χ2v) is 15.1. The first-order valence-electron chi connectivity index (χ1n) is 14.9. The summed E-state index contributed by atoms with van der Waals surface area (Å²) in [6.07, 6.45) is 0.485. The van der Waals surface area contributed by atoms with Crippen LogP contribution < -0.4 is 4.74 Å². The molecule has 0 aliphatic carbocycles. The molecule has 0 N–H and O–H groups in total. The molecule has 2 saturated heterocycles. The lowest BCUT2D eigenvalue weighted by Crippen LogP contribution is -2.55. The molecule has 1 atom stereocenters. The number of nitrogens with zero attached hydrogens (tertiary/aromatic N) is 4. The Morgan fingerprint density at radius 2 is 1.69 bits per heavy atom. The summed E-state index contributed by atoms with van der Waals surface area (Å²) in [7, 11) is -4.17. The van der Waals surface area contributed by atoms with Gasteiger partial charge in [-0.2, -0.15) is 4.31 Å². The van der Waals surface area contributed by atoms with Gasteiger partial charge in [0.2, 0.25) is 15.9 Å². The number of sulfonamides is 1. The zero-order valence-electron chi connectivity index (χ0n) is 26.1. The van der Waals surface area contributed by atoms with Crippen LogP contribution in [0.15, 0.2) is 41.3 Å². The van der Waals surface area contributed by atoms with Gasteiger partial charge in [0, 0.05) is 54.4 Å². The lowest BCUT2D eigenvalue weighted by atomic mass is 10.1. The first kappa shape index (κ1) is 33.2. The van der Waals surface area contributed by atoms with E-state index in [-0.39, 0.29) is 47.1 Å².